The normalized spacial score (nSPS) is 21.3. The van der Waals surface area contributed by atoms with Crippen molar-refractivity contribution in [2.75, 3.05) is 5.75 Å². The zero-order chi connectivity index (χ0) is 9.42. The molecule has 2 rings (SSSR count). The smallest absolute Gasteiger partial charge is 0.0464 e. The van der Waals surface area contributed by atoms with E-state index in [2.05, 4.69) is 0 Å². The summed E-state index contributed by atoms with van der Waals surface area (Å²) in [5.74, 6) is 1.89. The fourth-order valence-electron chi connectivity index (χ4n) is 1.48. The van der Waals surface area contributed by atoms with Gasteiger partial charge in [0.25, 0.3) is 0 Å². The SMILES string of the molecule is NC1CSCc2c(Cl)cc(Cl)cc21. The van der Waals surface area contributed by atoms with Crippen LogP contribution in [0.25, 0.3) is 0 Å². The monoisotopic (exact) mass is 233 g/mol. The molecular weight excluding hydrogens is 225 g/mol. The molecule has 0 saturated heterocycles. The van der Waals surface area contributed by atoms with Gasteiger partial charge in [-0.25, -0.2) is 0 Å². The van der Waals surface area contributed by atoms with Crippen molar-refractivity contribution in [1.82, 2.24) is 0 Å². The Morgan fingerprint density at radius 1 is 1.38 bits per heavy atom. The van der Waals surface area contributed by atoms with Crippen LogP contribution in [0.2, 0.25) is 10.0 Å². The summed E-state index contributed by atoms with van der Waals surface area (Å²) in [6.45, 7) is 0. The molecule has 0 bridgehead atoms. The third-order valence-corrected chi connectivity index (χ3v) is 3.78. The molecule has 0 aromatic heterocycles. The molecule has 1 atom stereocenters. The Bertz CT molecular complexity index is 341. The summed E-state index contributed by atoms with van der Waals surface area (Å²) in [6, 6.07) is 3.78. The molecule has 13 heavy (non-hydrogen) atoms. The number of rotatable bonds is 0. The van der Waals surface area contributed by atoms with Crippen molar-refractivity contribution in [3.63, 3.8) is 0 Å². The number of fused-ring (bicyclic) bond motifs is 1. The lowest BCUT2D eigenvalue weighted by atomic mass is 10.0. The summed E-state index contributed by atoms with van der Waals surface area (Å²) in [5, 5.41) is 1.41. The third kappa shape index (κ3) is 1.82. The van der Waals surface area contributed by atoms with E-state index in [0.29, 0.717) is 5.02 Å². The molecule has 1 aliphatic rings. The molecule has 1 nitrogen and oxygen atoms in total. The van der Waals surface area contributed by atoms with E-state index in [1.807, 2.05) is 17.8 Å². The van der Waals surface area contributed by atoms with Crippen LogP contribution in [-0.2, 0) is 5.75 Å². The molecule has 0 saturated carbocycles. The Labute approximate surface area is 91.6 Å². The average Bonchev–Trinajstić information content (AvgIpc) is 2.07. The van der Waals surface area contributed by atoms with Gasteiger partial charge in [0.15, 0.2) is 0 Å². The van der Waals surface area contributed by atoms with Gasteiger partial charge in [-0.15, -0.1) is 0 Å². The van der Waals surface area contributed by atoms with Crippen molar-refractivity contribution in [2.45, 2.75) is 11.8 Å². The zero-order valence-corrected chi connectivity index (χ0v) is 9.22. The van der Waals surface area contributed by atoms with E-state index in [4.69, 9.17) is 28.9 Å². The van der Waals surface area contributed by atoms with Crippen LogP contribution in [-0.4, -0.2) is 5.75 Å². The van der Waals surface area contributed by atoms with E-state index in [9.17, 15) is 0 Å². The van der Waals surface area contributed by atoms with Crippen LogP contribution in [0.15, 0.2) is 12.1 Å². The molecule has 1 unspecified atom stereocenters. The lowest BCUT2D eigenvalue weighted by molar-refractivity contribution is 0.810. The van der Waals surface area contributed by atoms with Crippen LogP contribution in [0.4, 0.5) is 0 Å². The Kier molecular flexibility index (Phi) is 2.75. The molecule has 1 aliphatic heterocycles. The van der Waals surface area contributed by atoms with Crippen molar-refractivity contribution in [3.8, 4) is 0 Å². The molecule has 0 radical (unpaired) electrons. The van der Waals surface area contributed by atoms with Gasteiger partial charge < -0.3 is 5.73 Å². The second-order valence-corrected chi connectivity index (χ2v) is 4.95. The van der Waals surface area contributed by atoms with E-state index >= 15 is 0 Å². The molecular formula is C9H9Cl2NS. The minimum absolute atomic E-state index is 0.0740. The van der Waals surface area contributed by atoms with Crippen molar-refractivity contribution in [2.24, 2.45) is 5.73 Å². The van der Waals surface area contributed by atoms with E-state index in [0.717, 1.165) is 27.7 Å². The van der Waals surface area contributed by atoms with Gasteiger partial charge in [-0.3, -0.25) is 0 Å². The Balaban J connectivity index is 2.56. The van der Waals surface area contributed by atoms with E-state index in [-0.39, 0.29) is 6.04 Å². The highest BCUT2D eigenvalue weighted by Gasteiger charge is 2.19. The summed E-state index contributed by atoms with van der Waals surface area (Å²) < 4.78 is 0. The Morgan fingerprint density at radius 3 is 2.92 bits per heavy atom. The van der Waals surface area contributed by atoms with Crippen LogP contribution in [0.1, 0.15) is 17.2 Å². The second-order valence-electron chi connectivity index (χ2n) is 3.08. The minimum Gasteiger partial charge on any atom is -0.323 e. The molecule has 0 amide bonds. The van der Waals surface area contributed by atoms with Crippen LogP contribution in [0.3, 0.4) is 0 Å². The quantitative estimate of drug-likeness (QED) is 0.745. The predicted molar refractivity (Wildman–Crippen MR) is 59.6 cm³/mol. The summed E-state index contributed by atoms with van der Waals surface area (Å²) in [7, 11) is 0. The predicted octanol–water partition coefficient (Wildman–Crippen LogP) is 3.24. The van der Waals surface area contributed by atoms with Gasteiger partial charge in [-0.1, -0.05) is 23.2 Å². The number of benzene rings is 1. The van der Waals surface area contributed by atoms with Crippen molar-refractivity contribution in [3.05, 3.63) is 33.3 Å². The molecule has 1 aromatic carbocycles. The summed E-state index contributed by atoms with van der Waals surface area (Å²) in [4.78, 5) is 0. The van der Waals surface area contributed by atoms with Crippen LogP contribution in [0, 0.1) is 0 Å². The van der Waals surface area contributed by atoms with Crippen LogP contribution < -0.4 is 5.73 Å². The van der Waals surface area contributed by atoms with Gasteiger partial charge in [0.1, 0.15) is 0 Å². The summed E-state index contributed by atoms with van der Waals surface area (Å²) in [5.41, 5.74) is 8.20. The number of hydrogen-bond acceptors (Lipinski definition) is 2. The topological polar surface area (TPSA) is 26.0 Å². The van der Waals surface area contributed by atoms with Crippen molar-refractivity contribution < 1.29 is 0 Å². The molecule has 1 aromatic rings. The van der Waals surface area contributed by atoms with Crippen molar-refractivity contribution >= 4 is 35.0 Å². The summed E-state index contributed by atoms with van der Waals surface area (Å²) >= 11 is 13.8. The fraction of sp³-hybridized carbons (Fsp3) is 0.333. The van der Waals surface area contributed by atoms with Gasteiger partial charge in [0.05, 0.1) is 0 Å². The van der Waals surface area contributed by atoms with E-state index in [1.165, 1.54) is 0 Å². The summed E-state index contributed by atoms with van der Waals surface area (Å²) in [6.07, 6.45) is 0. The molecule has 1 heterocycles. The Morgan fingerprint density at radius 2 is 2.15 bits per heavy atom. The largest absolute Gasteiger partial charge is 0.323 e. The van der Waals surface area contributed by atoms with Gasteiger partial charge in [0, 0.05) is 27.6 Å². The molecule has 2 N–H and O–H groups in total. The third-order valence-electron chi connectivity index (χ3n) is 2.14. The fourth-order valence-corrected chi connectivity index (χ4v) is 3.22. The van der Waals surface area contributed by atoms with Crippen molar-refractivity contribution in [1.29, 1.82) is 0 Å². The van der Waals surface area contributed by atoms with Gasteiger partial charge in [-0.2, -0.15) is 11.8 Å². The minimum atomic E-state index is 0.0740. The van der Waals surface area contributed by atoms with Gasteiger partial charge in [0.2, 0.25) is 0 Å². The second kappa shape index (κ2) is 3.70. The molecule has 4 heteroatoms. The molecule has 70 valence electrons. The highest BCUT2D eigenvalue weighted by atomic mass is 35.5. The molecule has 0 aliphatic carbocycles. The van der Waals surface area contributed by atoms with E-state index in [1.54, 1.807) is 6.07 Å². The average molecular weight is 234 g/mol. The van der Waals surface area contributed by atoms with Crippen LogP contribution >= 0.6 is 35.0 Å². The highest BCUT2D eigenvalue weighted by molar-refractivity contribution is 7.98. The maximum atomic E-state index is 6.06. The first-order chi connectivity index (χ1) is 6.18. The van der Waals surface area contributed by atoms with Crippen LogP contribution in [0.5, 0.6) is 0 Å². The maximum Gasteiger partial charge on any atom is 0.0464 e. The number of halogens is 2. The first kappa shape index (κ1) is 9.66. The lowest BCUT2D eigenvalue weighted by Crippen LogP contribution is -2.19. The molecule has 0 fully saturated rings. The standard InChI is InChI=1S/C9H9Cl2NS/c10-5-1-6-7(8(11)2-5)3-13-4-9(6)12/h1-2,9H,3-4,12H2. The first-order valence-electron chi connectivity index (χ1n) is 3.99. The molecule has 0 spiro atoms. The van der Waals surface area contributed by atoms with Gasteiger partial charge >= 0.3 is 0 Å². The number of hydrogen-bond donors (Lipinski definition) is 1. The number of nitrogens with two attached hydrogens (primary N) is 1. The highest BCUT2D eigenvalue weighted by Crippen LogP contribution is 2.36. The lowest BCUT2D eigenvalue weighted by Gasteiger charge is -2.22. The Hall–Kier alpha value is 0.110. The van der Waals surface area contributed by atoms with E-state index < -0.39 is 0 Å². The van der Waals surface area contributed by atoms with Gasteiger partial charge in [-0.05, 0) is 23.3 Å². The first-order valence-corrected chi connectivity index (χ1v) is 5.90. The zero-order valence-electron chi connectivity index (χ0n) is 6.89. The maximum absolute atomic E-state index is 6.06. The number of thioether (sulfide) groups is 1.